The topological polar surface area (TPSA) is 42.0 Å². The summed E-state index contributed by atoms with van der Waals surface area (Å²) in [5, 5.41) is 1.61. The molecule has 0 bridgehead atoms. The summed E-state index contributed by atoms with van der Waals surface area (Å²) < 4.78 is 48.2. The van der Waals surface area contributed by atoms with Crippen molar-refractivity contribution in [3.05, 3.63) is 24.0 Å². The molecule has 0 aliphatic rings. The molecule has 0 radical (unpaired) electrons. The molecule has 7 heteroatoms. The summed E-state index contributed by atoms with van der Waals surface area (Å²) in [5.41, 5.74) is -0.402. The van der Waals surface area contributed by atoms with Gasteiger partial charge in [-0.2, -0.15) is 22.5 Å². The number of hydrogen-bond donors (Lipinski definition) is 1. The maximum absolute atomic E-state index is 12.4. The molecule has 0 unspecified atom stereocenters. The van der Waals surface area contributed by atoms with Crippen LogP contribution < -0.4 is 5.32 Å². The molecule has 0 spiro atoms. The van der Waals surface area contributed by atoms with E-state index < -0.39 is 29.9 Å². The molecule has 1 rings (SSSR count). The van der Waals surface area contributed by atoms with Gasteiger partial charge in [0.2, 0.25) is 11.9 Å². The smallest absolute Gasteiger partial charge is 0.315 e. The second-order valence-electron chi connectivity index (χ2n) is 2.29. The molecule has 1 N–H and O–H groups in total. The fraction of sp³-hybridized carbons (Fsp3) is 0.143. The largest absolute Gasteiger partial charge is 0.321 e. The minimum Gasteiger partial charge on any atom is -0.321 e. The Morgan fingerprint density at radius 2 is 1.79 bits per heavy atom. The number of pyridine rings is 1. The van der Waals surface area contributed by atoms with Gasteiger partial charge in [-0.15, -0.1) is 0 Å². The molecule has 0 saturated heterocycles. The zero-order valence-corrected chi connectivity index (χ0v) is 6.60. The van der Waals surface area contributed by atoms with E-state index in [2.05, 4.69) is 4.98 Å². The second kappa shape index (κ2) is 4.03. The highest BCUT2D eigenvalue weighted by molar-refractivity contribution is 5.92. The molecular formula is C7H4F4N2O. The van der Waals surface area contributed by atoms with Gasteiger partial charge in [0.1, 0.15) is 0 Å². The number of carbonyl (C=O) groups excluding carboxylic acids is 1. The Bertz CT molecular complexity index is 335. The molecule has 0 aliphatic heterocycles. The summed E-state index contributed by atoms with van der Waals surface area (Å²) in [7, 11) is 0. The number of amides is 1. The number of aromatic nitrogens is 1. The third-order valence-corrected chi connectivity index (χ3v) is 1.23. The van der Waals surface area contributed by atoms with Crippen molar-refractivity contribution in [3.8, 4) is 0 Å². The van der Waals surface area contributed by atoms with Crippen molar-refractivity contribution >= 4 is 11.6 Å². The fourth-order valence-electron chi connectivity index (χ4n) is 0.734. The van der Waals surface area contributed by atoms with Gasteiger partial charge in [-0.1, -0.05) is 0 Å². The van der Waals surface area contributed by atoms with Gasteiger partial charge in [-0.25, -0.2) is 0 Å². The average molecular weight is 208 g/mol. The minimum atomic E-state index is -3.24. The number of hydrogen-bond acceptors (Lipinski definition) is 2. The lowest BCUT2D eigenvalue weighted by Crippen LogP contribution is -2.20. The first-order chi connectivity index (χ1) is 6.49. The predicted molar refractivity (Wildman–Crippen MR) is 38.8 cm³/mol. The summed E-state index contributed by atoms with van der Waals surface area (Å²) in [5.74, 6) is -4.03. The van der Waals surface area contributed by atoms with Crippen molar-refractivity contribution < 1.29 is 22.4 Å². The lowest BCUT2D eigenvalue weighted by atomic mass is 10.4. The molecular weight excluding hydrogens is 204 g/mol. The SMILES string of the molecule is O=C(Nc1cc(F)nc(F)c1)C(F)F. The maximum atomic E-state index is 12.4. The summed E-state index contributed by atoms with van der Waals surface area (Å²) in [6.07, 6.45) is -3.24. The fourth-order valence-corrected chi connectivity index (χ4v) is 0.734. The Balaban J connectivity index is 2.82. The summed E-state index contributed by atoms with van der Waals surface area (Å²) in [4.78, 5) is 13.1. The minimum absolute atomic E-state index is 0.402. The van der Waals surface area contributed by atoms with Crippen molar-refractivity contribution in [1.29, 1.82) is 0 Å². The quantitative estimate of drug-likeness (QED) is 0.592. The van der Waals surface area contributed by atoms with Gasteiger partial charge in [-0.3, -0.25) is 4.79 Å². The van der Waals surface area contributed by atoms with Crippen LogP contribution in [0.4, 0.5) is 23.2 Å². The van der Waals surface area contributed by atoms with Crippen LogP contribution in [0.1, 0.15) is 0 Å². The van der Waals surface area contributed by atoms with Crippen LogP contribution in [0.15, 0.2) is 12.1 Å². The van der Waals surface area contributed by atoms with E-state index in [1.54, 1.807) is 5.32 Å². The Kier molecular flexibility index (Phi) is 3.00. The van der Waals surface area contributed by atoms with Crippen molar-refractivity contribution in [2.75, 3.05) is 5.32 Å². The molecule has 0 aromatic carbocycles. The van der Waals surface area contributed by atoms with Crippen molar-refractivity contribution in [1.82, 2.24) is 4.98 Å². The third kappa shape index (κ3) is 2.68. The van der Waals surface area contributed by atoms with Crippen LogP contribution >= 0.6 is 0 Å². The number of nitrogens with one attached hydrogen (secondary N) is 1. The monoisotopic (exact) mass is 208 g/mol. The Hall–Kier alpha value is -1.66. The van der Waals surface area contributed by atoms with Gasteiger partial charge in [0.15, 0.2) is 0 Å². The van der Waals surface area contributed by atoms with Gasteiger partial charge in [0.25, 0.3) is 5.91 Å². The van der Waals surface area contributed by atoms with Crippen molar-refractivity contribution in [3.63, 3.8) is 0 Å². The molecule has 0 aliphatic carbocycles. The highest BCUT2D eigenvalue weighted by Gasteiger charge is 2.15. The van der Waals surface area contributed by atoms with Gasteiger partial charge in [-0.05, 0) is 0 Å². The van der Waals surface area contributed by atoms with E-state index in [1.165, 1.54) is 0 Å². The lowest BCUT2D eigenvalue weighted by molar-refractivity contribution is -0.126. The van der Waals surface area contributed by atoms with Crippen LogP contribution in [0.3, 0.4) is 0 Å². The first-order valence-electron chi connectivity index (χ1n) is 3.41. The van der Waals surface area contributed by atoms with Crippen LogP contribution in [0.2, 0.25) is 0 Å². The highest BCUT2D eigenvalue weighted by atomic mass is 19.3. The van der Waals surface area contributed by atoms with Crippen molar-refractivity contribution in [2.24, 2.45) is 0 Å². The van der Waals surface area contributed by atoms with Gasteiger partial charge in [0.05, 0.1) is 0 Å². The number of nitrogens with zero attached hydrogens (tertiary/aromatic N) is 1. The molecule has 1 heterocycles. The Morgan fingerprint density at radius 1 is 1.29 bits per heavy atom. The molecule has 0 fully saturated rings. The first-order valence-corrected chi connectivity index (χ1v) is 3.41. The lowest BCUT2D eigenvalue weighted by Gasteiger charge is -2.03. The van der Waals surface area contributed by atoms with Gasteiger partial charge < -0.3 is 5.32 Å². The van der Waals surface area contributed by atoms with Crippen LogP contribution in [-0.2, 0) is 4.79 Å². The highest BCUT2D eigenvalue weighted by Crippen LogP contribution is 2.10. The van der Waals surface area contributed by atoms with Crippen LogP contribution in [0.5, 0.6) is 0 Å². The first kappa shape index (κ1) is 10.4. The summed E-state index contributed by atoms with van der Waals surface area (Å²) in [6.45, 7) is 0. The van der Waals surface area contributed by atoms with E-state index in [4.69, 9.17) is 0 Å². The molecule has 0 atom stereocenters. The molecule has 76 valence electrons. The van der Waals surface area contributed by atoms with Gasteiger partial charge in [0, 0.05) is 17.8 Å². The van der Waals surface area contributed by atoms with E-state index in [9.17, 15) is 22.4 Å². The molecule has 1 aromatic heterocycles. The summed E-state index contributed by atoms with van der Waals surface area (Å²) >= 11 is 0. The van der Waals surface area contributed by atoms with Crippen LogP contribution in [0, 0.1) is 11.9 Å². The number of halogens is 4. The number of rotatable bonds is 2. The molecule has 3 nitrogen and oxygen atoms in total. The second-order valence-corrected chi connectivity index (χ2v) is 2.29. The molecule has 1 amide bonds. The predicted octanol–water partition coefficient (Wildman–Crippen LogP) is 1.56. The van der Waals surface area contributed by atoms with E-state index in [-0.39, 0.29) is 0 Å². The average Bonchev–Trinajstić information content (AvgIpc) is 2.01. The molecule has 1 aromatic rings. The van der Waals surface area contributed by atoms with Gasteiger partial charge >= 0.3 is 6.43 Å². The van der Waals surface area contributed by atoms with E-state index in [0.717, 1.165) is 0 Å². The van der Waals surface area contributed by atoms with Crippen molar-refractivity contribution in [2.45, 2.75) is 6.43 Å². The maximum Gasteiger partial charge on any atom is 0.315 e. The Labute approximate surface area is 75.8 Å². The summed E-state index contributed by atoms with van der Waals surface area (Å²) in [6, 6.07) is 1.26. The number of anilines is 1. The van der Waals surface area contributed by atoms with Crippen LogP contribution in [0.25, 0.3) is 0 Å². The zero-order valence-electron chi connectivity index (χ0n) is 6.60. The number of carbonyl (C=O) groups is 1. The normalized spacial score (nSPS) is 10.4. The number of alkyl halides is 2. The molecule has 14 heavy (non-hydrogen) atoms. The zero-order chi connectivity index (χ0) is 10.7. The van der Waals surface area contributed by atoms with E-state index in [1.807, 2.05) is 0 Å². The Morgan fingerprint density at radius 3 is 2.21 bits per heavy atom. The van der Waals surface area contributed by atoms with Crippen LogP contribution in [-0.4, -0.2) is 17.3 Å². The standard InChI is InChI=1S/C7H4F4N2O/c8-4-1-3(2-5(9)13-4)12-7(14)6(10)11/h1-2,6H,(H,12,13,14). The van der Waals surface area contributed by atoms with E-state index in [0.29, 0.717) is 12.1 Å². The molecule has 0 saturated carbocycles. The van der Waals surface area contributed by atoms with E-state index >= 15 is 0 Å². The third-order valence-electron chi connectivity index (χ3n) is 1.23.